The Morgan fingerprint density at radius 1 is 0.792 bits per heavy atom. The molecule has 0 aliphatic carbocycles. The van der Waals surface area contributed by atoms with E-state index in [9.17, 15) is 4.79 Å². The number of hydrogen-bond acceptors (Lipinski definition) is 4. The van der Waals surface area contributed by atoms with Crippen LogP contribution in [0, 0.1) is 0 Å². The van der Waals surface area contributed by atoms with E-state index in [1.165, 1.54) is 0 Å². The highest BCUT2D eigenvalue weighted by Crippen LogP contribution is 2.11. The van der Waals surface area contributed by atoms with Crippen molar-refractivity contribution in [3.8, 4) is 11.5 Å². The van der Waals surface area contributed by atoms with Gasteiger partial charge in [-0.3, -0.25) is 9.59 Å². The largest absolute Gasteiger partial charge is 0.497 e. The number of para-hydroxylation sites is 1. The lowest BCUT2D eigenvalue weighted by molar-refractivity contribution is -0.134. The predicted octanol–water partition coefficient (Wildman–Crippen LogP) is 4.32. The van der Waals surface area contributed by atoms with Gasteiger partial charge in [0, 0.05) is 12.5 Å². The van der Waals surface area contributed by atoms with Gasteiger partial charge in [-0.05, 0) is 43.3 Å². The Labute approximate surface area is 143 Å². The number of aliphatic carboxylic acids is 1. The molecule has 2 aromatic carbocycles. The van der Waals surface area contributed by atoms with Crippen molar-refractivity contribution in [3.05, 3.63) is 60.2 Å². The monoisotopic (exact) mass is 334 g/mol. The molecule has 0 heterocycles. The molecule has 0 aliphatic heterocycles. The second kappa shape index (κ2) is 13.8. The molecule has 0 aromatic heterocycles. The third kappa shape index (κ3) is 11.8. The van der Waals surface area contributed by atoms with E-state index in [0.29, 0.717) is 5.56 Å². The van der Waals surface area contributed by atoms with Crippen LogP contribution in [0.3, 0.4) is 0 Å². The van der Waals surface area contributed by atoms with Crippen molar-refractivity contribution in [2.75, 3.05) is 14.2 Å². The molecule has 0 unspecified atom stereocenters. The smallest absolute Gasteiger partial charge is 0.300 e. The van der Waals surface area contributed by atoms with Crippen molar-refractivity contribution in [1.29, 1.82) is 0 Å². The minimum atomic E-state index is -0.833. The second-order valence-electron chi connectivity index (χ2n) is 4.32. The Kier molecular flexibility index (Phi) is 13.5. The van der Waals surface area contributed by atoms with Crippen LogP contribution in [0.25, 0.3) is 0 Å². The number of ether oxygens (including phenoxy) is 2. The minimum absolute atomic E-state index is 0. The van der Waals surface area contributed by atoms with Gasteiger partial charge in [-0.25, -0.2) is 0 Å². The van der Waals surface area contributed by atoms with Crippen molar-refractivity contribution in [3.63, 3.8) is 0 Å². The molecule has 5 heteroatoms. The summed E-state index contributed by atoms with van der Waals surface area (Å²) in [6.45, 7) is 2.63. The molecule has 0 bridgehead atoms. The van der Waals surface area contributed by atoms with E-state index >= 15 is 0 Å². The summed E-state index contributed by atoms with van der Waals surface area (Å²) in [6.07, 6.45) is 0. The molecular formula is C19H26O5. The number of Topliss-reactive ketones (excluding diaryl/α,β-unsaturated/α-hetero) is 1. The lowest BCUT2D eigenvalue weighted by Gasteiger charge is -1.98. The van der Waals surface area contributed by atoms with Gasteiger partial charge < -0.3 is 14.6 Å². The lowest BCUT2D eigenvalue weighted by Crippen LogP contribution is -1.91. The molecule has 24 heavy (non-hydrogen) atoms. The summed E-state index contributed by atoms with van der Waals surface area (Å²) in [4.78, 5) is 19.8. The number of rotatable bonds is 3. The van der Waals surface area contributed by atoms with Crippen LogP contribution in [-0.2, 0) is 4.79 Å². The molecule has 0 fully saturated rings. The van der Waals surface area contributed by atoms with Crippen LogP contribution in [0.5, 0.6) is 11.5 Å². The number of benzene rings is 2. The fraction of sp³-hybridized carbons (Fsp3) is 0.263. The maximum absolute atomic E-state index is 10.8. The molecule has 2 rings (SSSR count). The summed E-state index contributed by atoms with van der Waals surface area (Å²) in [6, 6.07) is 16.7. The van der Waals surface area contributed by atoms with Crippen LogP contribution in [0.4, 0.5) is 0 Å². The zero-order valence-electron chi connectivity index (χ0n) is 13.8. The van der Waals surface area contributed by atoms with Gasteiger partial charge in [-0.15, -0.1) is 0 Å². The first-order valence-electron chi connectivity index (χ1n) is 6.84. The van der Waals surface area contributed by atoms with E-state index in [0.717, 1.165) is 18.4 Å². The zero-order chi connectivity index (χ0) is 17.7. The third-order valence-corrected chi connectivity index (χ3v) is 2.48. The van der Waals surface area contributed by atoms with E-state index in [-0.39, 0.29) is 13.2 Å². The molecule has 1 N–H and O–H groups in total. The maximum atomic E-state index is 10.8. The SMILES string of the molecule is C.CC(=O)O.COc1ccc(C(C)=O)cc1.COc1ccccc1. The summed E-state index contributed by atoms with van der Waals surface area (Å²) in [5, 5.41) is 7.42. The Balaban J connectivity index is 0. The average Bonchev–Trinajstić information content (AvgIpc) is 2.55. The number of carbonyl (C=O) groups excluding carboxylic acids is 1. The fourth-order valence-corrected chi connectivity index (χ4v) is 1.38. The molecule has 0 atom stereocenters. The summed E-state index contributed by atoms with van der Waals surface area (Å²) >= 11 is 0. The van der Waals surface area contributed by atoms with Gasteiger partial charge in [-0.1, -0.05) is 25.6 Å². The zero-order valence-corrected chi connectivity index (χ0v) is 13.8. The normalized spacial score (nSPS) is 8.17. The Morgan fingerprint density at radius 2 is 1.17 bits per heavy atom. The summed E-state index contributed by atoms with van der Waals surface area (Å²) in [5.41, 5.74) is 0.714. The molecule has 0 amide bonds. The Morgan fingerprint density at radius 3 is 1.46 bits per heavy atom. The first kappa shape index (κ1) is 23.4. The van der Waals surface area contributed by atoms with Crippen molar-refractivity contribution in [2.45, 2.75) is 21.3 Å². The first-order valence-corrected chi connectivity index (χ1v) is 6.84. The molecule has 0 aliphatic rings. The molecule has 0 radical (unpaired) electrons. The molecule has 132 valence electrons. The van der Waals surface area contributed by atoms with E-state index in [4.69, 9.17) is 19.4 Å². The van der Waals surface area contributed by atoms with Gasteiger partial charge in [-0.2, -0.15) is 0 Å². The Hall–Kier alpha value is -2.82. The Bertz CT molecular complexity index is 572. The second-order valence-corrected chi connectivity index (χ2v) is 4.32. The quantitative estimate of drug-likeness (QED) is 0.846. The van der Waals surface area contributed by atoms with E-state index in [1.807, 2.05) is 30.3 Å². The summed E-state index contributed by atoms with van der Waals surface area (Å²) in [5.74, 6) is 0.926. The number of methoxy groups -OCH3 is 2. The van der Waals surface area contributed by atoms with E-state index in [1.54, 1.807) is 45.4 Å². The number of carbonyl (C=O) groups is 2. The van der Waals surface area contributed by atoms with Gasteiger partial charge in [0.15, 0.2) is 5.78 Å². The first-order chi connectivity index (χ1) is 10.9. The van der Waals surface area contributed by atoms with Gasteiger partial charge in [0.25, 0.3) is 5.97 Å². The maximum Gasteiger partial charge on any atom is 0.300 e. The highest BCUT2D eigenvalue weighted by Gasteiger charge is 1.97. The highest BCUT2D eigenvalue weighted by atomic mass is 16.5. The van der Waals surface area contributed by atoms with Gasteiger partial charge in [0.1, 0.15) is 11.5 Å². The fourth-order valence-electron chi connectivity index (χ4n) is 1.38. The highest BCUT2D eigenvalue weighted by molar-refractivity contribution is 5.94. The predicted molar refractivity (Wildman–Crippen MR) is 96.0 cm³/mol. The lowest BCUT2D eigenvalue weighted by atomic mass is 10.1. The number of carboxylic acid groups (broad SMARTS) is 1. The topological polar surface area (TPSA) is 72.8 Å². The molecule has 0 saturated heterocycles. The van der Waals surface area contributed by atoms with Crippen LogP contribution < -0.4 is 9.47 Å². The van der Waals surface area contributed by atoms with Crippen molar-refractivity contribution in [2.24, 2.45) is 0 Å². The van der Waals surface area contributed by atoms with E-state index in [2.05, 4.69) is 0 Å². The van der Waals surface area contributed by atoms with Crippen molar-refractivity contribution < 1.29 is 24.2 Å². The van der Waals surface area contributed by atoms with Crippen LogP contribution in [0.15, 0.2) is 54.6 Å². The summed E-state index contributed by atoms with van der Waals surface area (Å²) in [7, 11) is 3.26. The molecular weight excluding hydrogens is 308 g/mol. The molecule has 0 spiro atoms. The molecule has 2 aromatic rings. The van der Waals surface area contributed by atoms with Gasteiger partial charge in [0.2, 0.25) is 0 Å². The standard InChI is InChI=1S/C9H10O2.C7H8O.C2H4O2.CH4/c1-7(10)8-3-5-9(11-2)6-4-8;1-8-7-5-3-2-4-6-7;1-2(3)4;/h3-6H,1-2H3;2-6H,1H3;1H3,(H,3,4);1H4. The number of carboxylic acids is 1. The van der Waals surface area contributed by atoms with Gasteiger partial charge >= 0.3 is 0 Å². The van der Waals surface area contributed by atoms with E-state index < -0.39 is 5.97 Å². The molecule has 0 saturated carbocycles. The van der Waals surface area contributed by atoms with Crippen LogP contribution in [-0.4, -0.2) is 31.1 Å². The number of hydrogen-bond donors (Lipinski definition) is 1. The van der Waals surface area contributed by atoms with Crippen LogP contribution >= 0.6 is 0 Å². The number of ketones is 1. The van der Waals surface area contributed by atoms with Crippen LogP contribution in [0.1, 0.15) is 31.6 Å². The average molecular weight is 334 g/mol. The van der Waals surface area contributed by atoms with Crippen LogP contribution in [0.2, 0.25) is 0 Å². The van der Waals surface area contributed by atoms with Gasteiger partial charge in [0.05, 0.1) is 14.2 Å². The van der Waals surface area contributed by atoms with Crippen molar-refractivity contribution in [1.82, 2.24) is 0 Å². The molecule has 5 nitrogen and oxygen atoms in total. The van der Waals surface area contributed by atoms with Crippen molar-refractivity contribution >= 4 is 11.8 Å². The minimum Gasteiger partial charge on any atom is -0.497 e. The summed E-state index contributed by atoms with van der Waals surface area (Å²) < 4.78 is 9.85. The third-order valence-electron chi connectivity index (χ3n) is 2.48.